The highest BCUT2D eigenvalue weighted by molar-refractivity contribution is 6.21. The summed E-state index contributed by atoms with van der Waals surface area (Å²) in [4.78, 5) is 2.37. The first kappa shape index (κ1) is 29.2. The van der Waals surface area contributed by atoms with Crippen LogP contribution in [0.3, 0.4) is 0 Å². The van der Waals surface area contributed by atoms with Gasteiger partial charge in [0.1, 0.15) is 0 Å². The maximum atomic E-state index is 2.40. The van der Waals surface area contributed by atoms with Gasteiger partial charge < -0.3 is 4.90 Å². The minimum absolute atomic E-state index is 1.11. The van der Waals surface area contributed by atoms with E-state index in [1.54, 1.807) is 0 Å². The summed E-state index contributed by atoms with van der Waals surface area (Å²) in [6.45, 7) is 0. The van der Waals surface area contributed by atoms with E-state index in [2.05, 4.69) is 205 Å². The molecule has 0 spiro atoms. The lowest BCUT2D eigenvalue weighted by atomic mass is 9.91. The molecule has 0 aromatic heterocycles. The maximum absolute atomic E-state index is 2.40. The fourth-order valence-electron chi connectivity index (χ4n) is 8.02. The molecule has 0 atom stereocenters. The lowest BCUT2D eigenvalue weighted by molar-refractivity contribution is 1.28. The molecule has 238 valence electrons. The lowest BCUT2D eigenvalue weighted by Gasteiger charge is -2.26. The SMILES string of the molecule is c1ccc(N(c2ccc(-c3cc4ccccc4c4ccccc34)cc2)c2cccc(-c3cc4c5ccccc5ccc4c4ccccc34)c2)cc1. The van der Waals surface area contributed by atoms with Gasteiger partial charge in [-0.2, -0.15) is 0 Å². The van der Waals surface area contributed by atoms with Gasteiger partial charge in [0, 0.05) is 17.1 Å². The van der Waals surface area contributed by atoms with Gasteiger partial charge in [-0.15, -0.1) is 0 Å². The average Bonchev–Trinajstić information content (AvgIpc) is 3.21. The van der Waals surface area contributed by atoms with Crippen LogP contribution in [0.15, 0.2) is 200 Å². The van der Waals surface area contributed by atoms with Crippen molar-refractivity contribution < 1.29 is 0 Å². The molecule has 0 radical (unpaired) electrons. The first-order valence-corrected chi connectivity index (χ1v) is 17.6. The van der Waals surface area contributed by atoms with E-state index >= 15 is 0 Å². The van der Waals surface area contributed by atoms with Crippen molar-refractivity contribution in [1.29, 1.82) is 0 Å². The minimum Gasteiger partial charge on any atom is -0.310 e. The molecule has 0 fully saturated rings. The van der Waals surface area contributed by atoms with Crippen molar-refractivity contribution in [3.05, 3.63) is 200 Å². The molecular formula is C50H33N. The largest absolute Gasteiger partial charge is 0.310 e. The Hall–Kier alpha value is -6.70. The zero-order chi connectivity index (χ0) is 33.7. The molecule has 10 aromatic rings. The summed E-state index contributed by atoms with van der Waals surface area (Å²) in [5.74, 6) is 0. The Morgan fingerprint density at radius 2 is 0.745 bits per heavy atom. The van der Waals surface area contributed by atoms with Gasteiger partial charge in [0.15, 0.2) is 0 Å². The third kappa shape index (κ3) is 4.94. The van der Waals surface area contributed by atoms with Crippen LogP contribution >= 0.6 is 0 Å². The molecular weight excluding hydrogens is 615 g/mol. The van der Waals surface area contributed by atoms with E-state index in [-0.39, 0.29) is 0 Å². The van der Waals surface area contributed by atoms with E-state index in [0.717, 1.165) is 17.1 Å². The Morgan fingerprint density at radius 1 is 0.235 bits per heavy atom. The quantitative estimate of drug-likeness (QED) is 0.168. The predicted molar refractivity (Wildman–Crippen MR) is 220 cm³/mol. The Morgan fingerprint density at radius 3 is 1.47 bits per heavy atom. The molecule has 0 bridgehead atoms. The number of nitrogens with zero attached hydrogens (tertiary/aromatic N) is 1. The molecule has 0 aliphatic carbocycles. The van der Waals surface area contributed by atoms with Gasteiger partial charge in [0.05, 0.1) is 0 Å². The third-order valence-corrected chi connectivity index (χ3v) is 10.4. The third-order valence-electron chi connectivity index (χ3n) is 10.4. The molecule has 0 N–H and O–H groups in total. The summed E-state index contributed by atoms with van der Waals surface area (Å²) >= 11 is 0. The molecule has 0 amide bonds. The second kappa shape index (κ2) is 12.0. The molecule has 0 saturated carbocycles. The summed E-state index contributed by atoms with van der Waals surface area (Å²) in [5.41, 5.74) is 8.23. The van der Waals surface area contributed by atoms with Crippen molar-refractivity contribution in [3.8, 4) is 22.3 Å². The van der Waals surface area contributed by atoms with Crippen LogP contribution < -0.4 is 4.90 Å². The molecule has 10 rings (SSSR count). The molecule has 1 heteroatoms. The Balaban J connectivity index is 1.12. The van der Waals surface area contributed by atoms with Crippen LogP contribution in [0, 0.1) is 0 Å². The highest BCUT2D eigenvalue weighted by Crippen LogP contribution is 2.42. The molecule has 51 heavy (non-hydrogen) atoms. The van der Waals surface area contributed by atoms with E-state index in [0.29, 0.717) is 0 Å². The van der Waals surface area contributed by atoms with Crippen LogP contribution in [-0.2, 0) is 0 Å². The van der Waals surface area contributed by atoms with Crippen LogP contribution in [0.1, 0.15) is 0 Å². The normalized spacial score (nSPS) is 11.5. The van der Waals surface area contributed by atoms with Crippen LogP contribution in [0.2, 0.25) is 0 Å². The Bertz CT molecular complexity index is 2900. The number of hydrogen-bond donors (Lipinski definition) is 0. The number of rotatable bonds is 5. The van der Waals surface area contributed by atoms with Gasteiger partial charge in [-0.1, -0.05) is 152 Å². The minimum atomic E-state index is 1.11. The first-order chi connectivity index (χ1) is 25.3. The summed E-state index contributed by atoms with van der Waals surface area (Å²) < 4.78 is 0. The van der Waals surface area contributed by atoms with Crippen LogP contribution in [-0.4, -0.2) is 0 Å². The predicted octanol–water partition coefficient (Wildman–Crippen LogP) is 14.3. The number of fused-ring (bicyclic) bond motifs is 8. The van der Waals surface area contributed by atoms with Crippen molar-refractivity contribution in [2.45, 2.75) is 0 Å². The van der Waals surface area contributed by atoms with Gasteiger partial charge in [0.2, 0.25) is 0 Å². The fraction of sp³-hybridized carbons (Fsp3) is 0. The molecule has 0 aliphatic heterocycles. The number of anilines is 3. The Kier molecular flexibility index (Phi) is 6.89. The van der Waals surface area contributed by atoms with Crippen LogP contribution in [0.5, 0.6) is 0 Å². The van der Waals surface area contributed by atoms with Gasteiger partial charge >= 0.3 is 0 Å². The molecule has 0 heterocycles. The second-order valence-corrected chi connectivity index (χ2v) is 13.3. The second-order valence-electron chi connectivity index (χ2n) is 13.3. The standard InChI is InChI=1S/C50H33N/c1-2-16-38(17-3-1)51(39-28-25-35(26-29-39)48-32-37-14-5-7-20-42(37)43-21-8-10-23-45(43)48)40-18-12-15-36(31-40)49-33-50-41-19-6-4-13-34(41)27-30-47(50)44-22-9-11-24-46(44)49/h1-33H. The van der Waals surface area contributed by atoms with Crippen molar-refractivity contribution >= 4 is 70.9 Å². The molecule has 0 saturated heterocycles. The zero-order valence-electron chi connectivity index (χ0n) is 28.0. The van der Waals surface area contributed by atoms with E-state index in [9.17, 15) is 0 Å². The van der Waals surface area contributed by atoms with Crippen LogP contribution in [0.25, 0.3) is 76.1 Å². The van der Waals surface area contributed by atoms with Gasteiger partial charge in [-0.05, 0) is 125 Å². The average molecular weight is 648 g/mol. The molecule has 1 nitrogen and oxygen atoms in total. The Labute approximate surface area is 297 Å². The van der Waals surface area contributed by atoms with Gasteiger partial charge in [0.25, 0.3) is 0 Å². The van der Waals surface area contributed by atoms with E-state index in [1.165, 1.54) is 76.1 Å². The van der Waals surface area contributed by atoms with Crippen molar-refractivity contribution in [2.24, 2.45) is 0 Å². The highest BCUT2D eigenvalue weighted by atomic mass is 15.1. The number of benzene rings is 10. The lowest BCUT2D eigenvalue weighted by Crippen LogP contribution is -2.09. The van der Waals surface area contributed by atoms with Crippen LogP contribution in [0.4, 0.5) is 17.1 Å². The summed E-state index contributed by atoms with van der Waals surface area (Å²) in [5, 5.41) is 12.7. The smallest absolute Gasteiger partial charge is 0.0467 e. The topological polar surface area (TPSA) is 3.24 Å². The summed E-state index contributed by atoms with van der Waals surface area (Å²) in [6, 6.07) is 73.0. The van der Waals surface area contributed by atoms with E-state index < -0.39 is 0 Å². The van der Waals surface area contributed by atoms with Gasteiger partial charge in [-0.25, -0.2) is 0 Å². The number of hydrogen-bond acceptors (Lipinski definition) is 1. The summed E-state index contributed by atoms with van der Waals surface area (Å²) in [7, 11) is 0. The molecule has 10 aromatic carbocycles. The number of para-hydroxylation sites is 1. The highest BCUT2D eigenvalue weighted by Gasteiger charge is 2.16. The van der Waals surface area contributed by atoms with Gasteiger partial charge in [-0.3, -0.25) is 0 Å². The van der Waals surface area contributed by atoms with Crippen molar-refractivity contribution in [1.82, 2.24) is 0 Å². The zero-order valence-corrected chi connectivity index (χ0v) is 28.0. The van der Waals surface area contributed by atoms with E-state index in [4.69, 9.17) is 0 Å². The maximum Gasteiger partial charge on any atom is 0.0467 e. The van der Waals surface area contributed by atoms with E-state index in [1.807, 2.05) is 0 Å². The fourth-order valence-corrected chi connectivity index (χ4v) is 8.02. The summed E-state index contributed by atoms with van der Waals surface area (Å²) in [6.07, 6.45) is 0. The van der Waals surface area contributed by atoms with Crippen molar-refractivity contribution in [3.63, 3.8) is 0 Å². The molecule has 0 aliphatic rings. The van der Waals surface area contributed by atoms with Crippen molar-refractivity contribution in [2.75, 3.05) is 4.90 Å². The first-order valence-electron chi connectivity index (χ1n) is 17.6. The monoisotopic (exact) mass is 647 g/mol. The molecule has 0 unspecified atom stereocenters.